The largest absolute Gasteiger partial charge is 0.367 e. The first-order valence-electron chi connectivity index (χ1n) is 4.43. The van der Waals surface area contributed by atoms with Crippen molar-refractivity contribution >= 4 is 5.95 Å². The van der Waals surface area contributed by atoms with Crippen LogP contribution in [0.15, 0.2) is 24.3 Å². The van der Waals surface area contributed by atoms with Crippen LogP contribution in [0.2, 0.25) is 0 Å². The van der Waals surface area contributed by atoms with E-state index in [1.807, 2.05) is 0 Å². The molecule has 3 N–H and O–H groups in total. The van der Waals surface area contributed by atoms with Crippen LogP contribution in [0.3, 0.4) is 0 Å². The molecule has 1 aromatic heterocycles. The number of methoxy groups -OCH3 is 1. The Morgan fingerprint density at radius 3 is 3.00 bits per heavy atom. The van der Waals surface area contributed by atoms with Crippen LogP contribution in [0.1, 0.15) is 11.7 Å². The van der Waals surface area contributed by atoms with Gasteiger partial charge < -0.3 is 10.5 Å². The van der Waals surface area contributed by atoms with E-state index in [1.165, 1.54) is 13.2 Å². The number of hydrogen-bond acceptors (Lipinski definition) is 4. The van der Waals surface area contributed by atoms with Gasteiger partial charge in [-0.3, -0.25) is 5.10 Å². The maximum atomic E-state index is 14.2. The SMILES string of the molecule is COC1(F)C=CC=CC1c1nc(N)n[nH]1. The van der Waals surface area contributed by atoms with E-state index in [0.717, 1.165) is 0 Å². The molecule has 15 heavy (non-hydrogen) atoms. The lowest BCUT2D eigenvalue weighted by atomic mass is 9.94. The predicted octanol–water partition coefficient (Wildman–Crippen LogP) is 0.909. The van der Waals surface area contributed by atoms with E-state index >= 15 is 0 Å². The molecule has 1 aromatic rings. The minimum atomic E-state index is -1.90. The van der Waals surface area contributed by atoms with Crippen molar-refractivity contribution in [1.82, 2.24) is 15.2 Å². The van der Waals surface area contributed by atoms with E-state index < -0.39 is 11.8 Å². The van der Waals surface area contributed by atoms with Gasteiger partial charge in [0.05, 0.1) is 5.92 Å². The molecule has 0 saturated heterocycles. The fourth-order valence-electron chi connectivity index (χ4n) is 1.50. The number of aromatic nitrogens is 3. The standard InChI is InChI=1S/C9H11FN4O/c1-15-9(10)5-3-2-4-6(9)7-12-8(11)14-13-7/h2-6H,1H3,(H3,11,12,13,14). The molecule has 0 saturated carbocycles. The second-order valence-corrected chi connectivity index (χ2v) is 3.20. The third kappa shape index (κ3) is 1.63. The summed E-state index contributed by atoms with van der Waals surface area (Å²) in [6.07, 6.45) is 6.28. The van der Waals surface area contributed by atoms with E-state index in [0.29, 0.717) is 5.82 Å². The average molecular weight is 210 g/mol. The van der Waals surface area contributed by atoms with Gasteiger partial charge in [0.25, 0.3) is 0 Å². The minimum Gasteiger partial charge on any atom is -0.367 e. The fraction of sp³-hybridized carbons (Fsp3) is 0.333. The Bertz CT molecular complexity index is 414. The molecule has 1 aliphatic carbocycles. The summed E-state index contributed by atoms with van der Waals surface area (Å²) in [6, 6.07) is 0. The highest BCUT2D eigenvalue weighted by molar-refractivity contribution is 5.28. The second kappa shape index (κ2) is 3.47. The van der Waals surface area contributed by atoms with Gasteiger partial charge in [0.15, 0.2) is 0 Å². The second-order valence-electron chi connectivity index (χ2n) is 3.20. The third-order valence-electron chi connectivity index (χ3n) is 2.29. The molecule has 5 nitrogen and oxygen atoms in total. The molecule has 1 aliphatic rings. The Hall–Kier alpha value is -1.69. The molecule has 80 valence electrons. The van der Waals surface area contributed by atoms with Gasteiger partial charge in [-0.05, 0) is 6.08 Å². The number of hydrogen-bond donors (Lipinski definition) is 2. The number of ether oxygens (including phenoxy) is 1. The Morgan fingerprint density at radius 1 is 1.60 bits per heavy atom. The molecule has 0 radical (unpaired) electrons. The maximum absolute atomic E-state index is 14.2. The number of halogens is 1. The molecule has 6 heteroatoms. The van der Waals surface area contributed by atoms with Crippen molar-refractivity contribution in [1.29, 1.82) is 0 Å². The van der Waals surface area contributed by atoms with Gasteiger partial charge in [-0.1, -0.05) is 18.2 Å². The van der Waals surface area contributed by atoms with Crippen molar-refractivity contribution in [3.63, 3.8) is 0 Å². The zero-order valence-corrected chi connectivity index (χ0v) is 8.14. The first kappa shape index (κ1) is 9.85. The molecular formula is C9H11FN4O. The van der Waals surface area contributed by atoms with Crippen LogP contribution in [0.25, 0.3) is 0 Å². The summed E-state index contributed by atoms with van der Waals surface area (Å²) in [4.78, 5) is 3.88. The lowest BCUT2D eigenvalue weighted by Crippen LogP contribution is -2.32. The molecule has 0 aliphatic heterocycles. The zero-order valence-electron chi connectivity index (χ0n) is 8.14. The summed E-state index contributed by atoms with van der Waals surface area (Å²) in [6.45, 7) is 0. The molecule has 0 fully saturated rings. The zero-order chi connectivity index (χ0) is 10.9. The van der Waals surface area contributed by atoms with Gasteiger partial charge in [-0.15, -0.1) is 5.10 Å². The number of allylic oxidation sites excluding steroid dienone is 2. The lowest BCUT2D eigenvalue weighted by molar-refractivity contribution is -0.0915. The van der Waals surface area contributed by atoms with E-state index in [2.05, 4.69) is 15.2 Å². The number of H-pyrrole nitrogens is 1. The summed E-state index contributed by atoms with van der Waals surface area (Å²) >= 11 is 0. The molecule has 0 amide bonds. The molecular weight excluding hydrogens is 199 g/mol. The van der Waals surface area contributed by atoms with Crippen LogP contribution < -0.4 is 5.73 Å². The maximum Gasteiger partial charge on any atom is 0.242 e. The lowest BCUT2D eigenvalue weighted by Gasteiger charge is -2.27. The van der Waals surface area contributed by atoms with Crippen molar-refractivity contribution in [2.24, 2.45) is 0 Å². The van der Waals surface area contributed by atoms with Gasteiger partial charge in [0, 0.05) is 7.11 Å². The smallest absolute Gasteiger partial charge is 0.242 e. The molecule has 0 spiro atoms. The van der Waals surface area contributed by atoms with Crippen LogP contribution in [0.5, 0.6) is 0 Å². The van der Waals surface area contributed by atoms with Crippen LogP contribution in [-0.4, -0.2) is 28.1 Å². The average Bonchev–Trinajstić information content (AvgIpc) is 2.65. The Balaban J connectivity index is 2.35. The molecule has 2 atom stereocenters. The number of anilines is 1. The first-order valence-corrected chi connectivity index (χ1v) is 4.43. The van der Waals surface area contributed by atoms with Crippen LogP contribution in [-0.2, 0) is 4.74 Å². The van der Waals surface area contributed by atoms with Crippen LogP contribution in [0, 0.1) is 0 Å². The number of nitrogen functional groups attached to an aromatic ring is 1. The number of aromatic amines is 1. The highest BCUT2D eigenvalue weighted by Gasteiger charge is 2.39. The van der Waals surface area contributed by atoms with Gasteiger partial charge in [0.2, 0.25) is 11.8 Å². The molecule has 0 aromatic carbocycles. The summed E-state index contributed by atoms with van der Waals surface area (Å²) in [5.74, 6) is -2.12. The van der Waals surface area contributed by atoms with Crippen molar-refractivity contribution in [2.75, 3.05) is 12.8 Å². The first-order chi connectivity index (χ1) is 7.15. The van der Waals surface area contributed by atoms with Gasteiger partial charge in [-0.25, -0.2) is 4.39 Å². The van der Waals surface area contributed by atoms with Crippen LogP contribution >= 0.6 is 0 Å². The molecule has 2 rings (SSSR count). The molecule has 0 bridgehead atoms. The highest BCUT2D eigenvalue weighted by Crippen LogP contribution is 2.35. The summed E-state index contributed by atoms with van der Waals surface area (Å²) in [5.41, 5.74) is 5.36. The monoisotopic (exact) mass is 210 g/mol. The Morgan fingerprint density at radius 2 is 2.40 bits per heavy atom. The van der Waals surface area contributed by atoms with Gasteiger partial charge in [0.1, 0.15) is 5.82 Å². The fourth-order valence-corrected chi connectivity index (χ4v) is 1.50. The van der Waals surface area contributed by atoms with E-state index in [1.54, 1.807) is 18.2 Å². The third-order valence-corrected chi connectivity index (χ3v) is 2.29. The quantitative estimate of drug-likeness (QED) is 0.760. The number of nitrogens with zero attached hydrogens (tertiary/aromatic N) is 2. The Kier molecular flexibility index (Phi) is 2.28. The van der Waals surface area contributed by atoms with E-state index in [4.69, 9.17) is 10.5 Å². The van der Waals surface area contributed by atoms with Gasteiger partial charge in [-0.2, -0.15) is 4.98 Å². The van der Waals surface area contributed by atoms with Crippen LogP contribution in [0.4, 0.5) is 10.3 Å². The summed E-state index contributed by atoms with van der Waals surface area (Å²) in [7, 11) is 1.30. The van der Waals surface area contributed by atoms with Gasteiger partial charge >= 0.3 is 0 Å². The number of alkyl halides is 1. The normalized spacial score (nSPS) is 29.6. The van der Waals surface area contributed by atoms with Crippen molar-refractivity contribution in [2.45, 2.75) is 11.8 Å². The van der Waals surface area contributed by atoms with E-state index in [-0.39, 0.29) is 5.95 Å². The van der Waals surface area contributed by atoms with Crippen molar-refractivity contribution in [3.8, 4) is 0 Å². The topological polar surface area (TPSA) is 76.8 Å². The van der Waals surface area contributed by atoms with Crippen molar-refractivity contribution < 1.29 is 9.13 Å². The Labute approximate surface area is 85.8 Å². The molecule has 2 unspecified atom stereocenters. The van der Waals surface area contributed by atoms with E-state index in [9.17, 15) is 4.39 Å². The number of nitrogens with one attached hydrogen (secondary N) is 1. The minimum absolute atomic E-state index is 0.0893. The number of nitrogens with two attached hydrogens (primary N) is 1. The van der Waals surface area contributed by atoms with Crippen molar-refractivity contribution in [3.05, 3.63) is 30.1 Å². The highest BCUT2D eigenvalue weighted by atomic mass is 19.2. The summed E-state index contributed by atoms with van der Waals surface area (Å²) in [5, 5.41) is 6.23. The molecule has 1 heterocycles. The predicted molar refractivity (Wildman–Crippen MR) is 52.7 cm³/mol. The summed E-state index contributed by atoms with van der Waals surface area (Å²) < 4.78 is 19.0. The number of rotatable bonds is 2.